The molecule has 5 heteroatoms. The van der Waals surface area contributed by atoms with Crippen LogP contribution in [-0.2, 0) is 13.5 Å². The van der Waals surface area contributed by atoms with Crippen LogP contribution in [0.15, 0.2) is 22.9 Å². The summed E-state index contributed by atoms with van der Waals surface area (Å²) in [5.74, 6) is 0.662. The summed E-state index contributed by atoms with van der Waals surface area (Å²) < 4.78 is 6.75. The standard InChI is InChI=1S/C12H16N2O2S/c1-14-12(16-2)7-10(13-14)11(15)4-3-9-5-6-17-8-9/h5-8,11,15H,3-4H2,1-2H3. The molecule has 0 aliphatic rings. The Labute approximate surface area is 104 Å². The predicted molar refractivity (Wildman–Crippen MR) is 67.4 cm³/mol. The molecule has 0 aromatic carbocycles. The van der Waals surface area contributed by atoms with Gasteiger partial charge >= 0.3 is 0 Å². The van der Waals surface area contributed by atoms with Gasteiger partial charge in [0.05, 0.1) is 18.9 Å². The monoisotopic (exact) mass is 252 g/mol. The van der Waals surface area contributed by atoms with E-state index in [-0.39, 0.29) is 0 Å². The van der Waals surface area contributed by atoms with Gasteiger partial charge in [-0.25, -0.2) is 4.68 Å². The molecule has 2 aromatic heterocycles. The maximum Gasteiger partial charge on any atom is 0.211 e. The third-order valence-corrected chi connectivity index (χ3v) is 3.42. The van der Waals surface area contributed by atoms with Gasteiger partial charge < -0.3 is 9.84 Å². The van der Waals surface area contributed by atoms with Gasteiger partial charge in [0.15, 0.2) is 0 Å². The van der Waals surface area contributed by atoms with Crippen molar-refractivity contribution >= 4 is 11.3 Å². The van der Waals surface area contributed by atoms with Crippen molar-refractivity contribution in [2.45, 2.75) is 18.9 Å². The van der Waals surface area contributed by atoms with Gasteiger partial charge in [0.25, 0.3) is 0 Å². The van der Waals surface area contributed by atoms with Crippen LogP contribution >= 0.6 is 11.3 Å². The molecule has 0 spiro atoms. The van der Waals surface area contributed by atoms with E-state index in [2.05, 4.69) is 16.5 Å². The van der Waals surface area contributed by atoms with Crippen molar-refractivity contribution in [2.24, 2.45) is 7.05 Å². The quantitative estimate of drug-likeness (QED) is 0.887. The summed E-state index contributed by atoms with van der Waals surface area (Å²) >= 11 is 1.68. The van der Waals surface area contributed by atoms with E-state index in [9.17, 15) is 5.11 Å². The highest BCUT2D eigenvalue weighted by molar-refractivity contribution is 7.07. The molecule has 2 rings (SSSR count). The lowest BCUT2D eigenvalue weighted by Gasteiger charge is -2.05. The van der Waals surface area contributed by atoms with E-state index in [1.807, 2.05) is 5.38 Å². The fourth-order valence-corrected chi connectivity index (χ4v) is 2.41. The topological polar surface area (TPSA) is 47.3 Å². The Morgan fingerprint density at radius 1 is 1.59 bits per heavy atom. The summed E-state index contributed by atoms with van der Waals surface area (Å²) in [6.45, 7) is 0. The Bertz CT molecular complexity index is 465. The summed E-state index contributed by atoms with van der Waals surface area (Å²) in [7, 11) is 3.40. The van der Waals surface area contributed by atoms with Gasteiger partial charge in [0.1, 0.15) is 0 Å². The summed E-state index contributed by atoms with van der Waals surface area (Å²) in [6, 6.07) is 3.86. The average molecular weight is 252 g/mol. The third-order valence-electron chi connectivity index (χ3n) is 2.69. The molecule has 0 radical (unpaired) electrons. The Morgan fingerprint density at radius 3 is 3.00 bits per heavy atom. The number of aryl methyl sites for hydroxylation is 2. The molecule has 2 heterocycles. The van der Waals surface area contributed by atoms with Crippen LogP contribution in [-0.4, -0.2) is 22.0 Å². The van der Waals surface area contributed by atoms with Crippen LogP contribution in [0.4, 0.5) is 0 Å². The van der Waals surface area contributed by atoms with Crippen LogP contribution in [0.5, 0.6) is 5.88 Å². The number of aromatic nitrogens is 2. The van der Waals surface area contributed by atoms with Crippen molar-refractivity contribution in [3.05, 3.63) is 34.2 Å². The molecule has 0 aliphatic carbocycles. The molecule has 1 unspecified atom stereocenters. The second-order valence-corrected chi connectivity index (χ2v) is 4.70. The number of ether oxygens (including phenoxy) is 1. The highest BCUT2D eigenvalue weighted by Gasteiger charge is 2.14. The lowest BCUT2D eigenvalue weighted by molar-refractivity contribution is 0.162. The van der Waals surface area contributed by atoms with Crippen LogP contribution < -0.4 is 4.74 Å². The van der Waals surface area contributed by atoms with Gasteiger partial charge in [0.2, 0.25) is 5.88 Å². The van der Waals surface area contributed by atoms with E-state index in [0.717, 1.165) is 6.42 Å². The molecule has 1 atom stereocenters. The van der Waals surface area contributed by atoms with Crippen LogP contribution in [0.1, 0.15) is 23.8 Å². The van der Waals surface area contributed by atoms with E-state index >= 15 is 0 Å². The maximum atomic E-state index is 10.0. The number of methoxy groups -OCH3 is 1. The number of aliphatic hydroxyl groups is 1. The average Bonchev–Trinajstić information content (AvgIpc) is 2.94. The van der Waals surface area contributed by atoms with Crippen molar-refractivity contribution in [3.8, 4) is 5.88 Å². The Kier molecular flexibility index (Phi) is 3.81. The summed E-state index contributed by atoms with van der Waals surface area (Å²) in [5.41, 5.74) is 1.93. The summed E-state index contributed by atoms with van der Waals surface area (Å²) in [4.78, 5) is 0. The SMILES string of the molecule is COc1cc(C(O)CCc2ccsc2)nn1C. The number of nitrogens with zero attached hydrogens (tertiary/aromatic N) is 2. The van der Waals surface area contributed by atoms with Crippen LogP contribution in [0.3, 0.4) is 0 Å². The van der Waals surface area contributed by atoms with Crippen LogP contribution in [0.25, 0.3) is 0 Å². The molecule has 4 nitrogen and oxygen atoms in total. The molecule has 0 amide bonds. The molecule has 0 saturated heterocycles. The zero-order chi connectivity index (χ0) is 12.3. The van der Waals surface area contributed by atoms with Crippen molar-refractivity contribution in [2.75, 3.05) is 7.11 Å². The molecular formula is C12H16N2O2S. The van der Waals surface area contributed by atoms with E-state index in [1.54, 1.807) is 36.2 Å². The Balaban J connectivity index is 1.96. The van der Waals surface area contributed by atoms with Gasteiger partial charge in [0, 0.05) is 13.1 Å². The minimum Gasteiger partial charge on any atom is -0.481 e. The largest absolute Gasteiger partial charge is 0.481 e. The highest BCUT2D eigenvalue weighted by atomic mass is 32.1. The van der Waals surface area contributed by atoms with Crippen LogP contribution in [0.2, 0.25) is 0 Å². The number of hydrogen-bond donors (Lipinski definition) is 1. The van der Waals surface area contributed by atoms with Gasteiger partial charge in [-0.2, -0.15) is 16.4 Å². The molecule has 0 aliphatic heterocycles. The van der Waals surface area contributed by atoms with E-state index < -0.39 is 6.10 Å². The highest BCUT2D eigenvalue weighted by Crippen LogP contribution is 2.22. The van der Waals surface area contributed by atoms with Gasteiger partial charge in [-0.15, -0.1) is 0 Å². The molecule has 0 bridgehead atoms. The smallest absolute Gasteiger partial charge is 0.211 e. The maximum absolute atomic E-state index is 10.0. The zero-order valence-electron chi connectivity index (χ0n) is 9.96. The minimum atomic E-state index is -0.537. The second kappa shape index (κ2) is 5.33. The van der Waals surface area contributed by atoms with E-state index in [0.29, 0.717) is 18.0 Å². The zero-order valence-corrected chi connectivity index (χ0v) is 10.8. The molecule has 1 N–H and O–H groups in total. The first-order chi connectivity index (χ1) is 8.20. The lowest BCUT2D eigenvalue weighted by Crippen LogP contribution is -2.01. The first-order valence-electron chi connectivity index (χ1n) is 5.47. The van der Waals surface area contributed by atoms with Crippen molar-refractivity contribution in [1.29, 1.82) is 0 Å². The Hall–Kier alpha value is -1.33. The molecular weight excluding hydrogens is 236 g/mol. The number of hydrogen-bond acceptors (Lipinski definition) is 4. The van der Waals surface area contributed by atoms with Gasteiger partial charge in [-0.1, -0.05) is 0 Å². The minimum absolute atomic E-state index is 0.537. The Morgan fingerprint density at radius 2 is 2.41 bits per heavy atom. The van der Waals surface area contributed by atoms with Gasteiger partial charge in [-0.3, -0.25) is 0 Å². The fraction of sp³-hybridized carbons (Fsp3) is 0.417. The van der Waals surface area contributed by atoms with E-state index in [4.69, 9.17) is 4.74 Å². The summed E-state index contributed by atoms with van der Waals surface area (Å²) in [6.07, 6.45) is 1.01. The number of rotatable bonds is 5. The number of thiophene rings is 1. The predicted octanol–water partition coefficient (Wildman–Crippen LogP) is 2.16. The molecule has 2 aromatic rings. The molecule has 0 fully saturated rings. The van der Waals surface area contributed by atoms with E-state index in [1.165, 1.54) is 5.56 Å². The van der Waals surface area contributed by atoms with Crippen molar-refractivity contribution < 1.29 is 9.84 Å². The molecule has 92 valence electrons. The second-order valence-electron chi connectivity index (χ2n) is 3.92. The van der Waals surface area contributed by atoms with Crippen molar-refractivity contribution in [3.63, 3.8) is 0 Å². The summed E-state index contributed by atoms with van der Waals surface area (Å²) in [5, 5.41) is 18.4. The van der Waals surface area contributed by atoms with Crippen LogP contribution in [0, 0.1) is 0 Å². The first kappa shape index (κ1) is 12.1. The van der Waals surface area contributed by atoms with Gasteiger partial charge in [-0.05, 0) is 35.2 Å². The third kappa shape index (κ3) is 2.87. The molecule has 17 heavy (non-hydrogen) atoms. The first-order valence-corrected chi connectivity index (χ1v) is 6.42. The molecule has 0 saturated carbocycles. The normalized spacial score (nSPS) is 12.6. The lowest BCUT2D eigenvalue weighted by atomic mass is 10.1. The van der Waals surface area contributed by atoms with Crippen molar-refractivity contribution in [1.82, 2.24) is 9.78 Å². The fourth-order valence-electron chi connectivity index (χ4n) is 1.71. The number of aliphatic hydroxyl groups excluding tert-OH is 1.